The van der Waals surface area contributed by atoms with Gasteiger partial charge in [0.1, 0.15) is 5.65 Å². The zero-order chi connectivity index (χ0) is 16.9. The molecule has 0 radical (unpaired) electrons. The molecule has 0 amide bonds. The second kappa shape index (κ2) is 3.74. The Morgan fingerprint density at radius 1 is 1.18 bits per heavy atom. The molecule has 2 aromatic heterocycles. The maximum absolute atomic E-state index is 8.10. The number of nitrogens with zero attached hydrogens (tertiary/aromatic N) is 2. The molecule has 0 aliphatic heterocycles. The maximum Gasteiger partial charge on any atom is 0.137 e. The Labute approximate surface area is 109 Å². The summed E-state index contributed by atoms with van der Waals surface area (Å²) in [5, 5.41) is 0. The van der Waals surface area contributed by atoms with Gasteiger partial charge in [0.05, 0.1) is 9.81 Å². The molecule has 0 fully saturated rings. The molecular weight excluding hydrogens is 208 g/mol. The van der Waals surface area contributed by atoms with Gasteiger partial charge in [0.25, 0.3) is 0 Å². The molecule has 3 rings (SSSR count). The van der Waals surface area contributed by atoms with Crippen LogP contribution in [0.4, 0.5) is 0 Å². The van der Waals surface area contributed by atoms with E-state index in [9.17, 15) is 0 Å². The lowest BCUT2D eigenvalue weighted by Gasteiger charge is -1.96. The van der Waals surface area contributed by atoms with E-state index in [4.69, 9.17) is 8.22 Å². The molecule has 0 N–H and O–H groups in total. The first-order chi connectivity index (χ1) is 10.7. The number of hydrogen-bond acceptors (Lipinski definition) is 1. The third-order valence-corrected chi connectivity index (χ3v) is 2.58. The monoisotopic (exact) mass is 228 g/mol. The number of aryl methyl sites for hydroxylation is 1. The van der Waals surface area contributed by atoms with Gasteiger partial charge in [-0.3, -0.25) is 0 Å². The molecule has 2 heteroatoms. The second-order valence-electron chi connectivity index (χ2n) is 3.92. The summed E-state index contributed by atoms with van der Waals surface area (Å²) in [4.78, 5) is 4.31. The van der Waals surface area contributed by atoms with Gasteiger partial charge < -0.3 is 4.40 Å². The van der Waals surface area contributed by atoms with E-state index in [1.54, 1.807) is 0 Å². The van der Waals surface area contributed by atoms with Crippen molar-refractivity contribution in [2.45, 2.75) is 13.8 Å². The van der Waals surface area contributed by atoms with E-state index in [0.717, 1.165) is 11.1 Å². The van der Waals surface area contributed by atoms with Gasteiger partial charge in [0.15, 0.2) is 0 Å². The van der Waals surface area contributed by atoms with Crippen LogP contribution >= 0.6 is 0 Å². The highest BCUT2D eigenvalue weighted by Gasteiger charge is 2.03. The predicted octanol–water partition coefficient (Wildman–Crippen LogP) is 3.62. The largest absolute Gasteiger partial charge is 0.306 e. The number of hydrogen-bond donors (Lipinski definition) is 0. The van der Waals surface area contributed by atoms with Crippen molar-refractivity contribution in [3.05, 3.63) is 59.8 Å². The van der Waals surface area contributed by atoms with Crippen molar-refractivity contribution in [1.29, 1.82) is 0 Å². The van der Waals surface area contributed by atoms with Gasteiger partial charge >= 0.3 is 0 Å². The highest BCUT2D eigenvalue weighted by Crippen LogP contribution is 2.19. The third kappa shape index (κ3) is 1.82. The number of fused-ring (bicyclic) bond motifs is 1. The number of rotatable bonds is 1. The zero-order valence-corrected chi connectivity index (χ0v) is 9.28. The Bertz CT molecular complexity index is 893. The Morgan fingerprint density at radius 2 is 2.00 bits per heavy atom. The van der Waals surface area contributed by atoms with Gasteiger partial charge in [0, 0.05) is 22.0 Å². The van der Waals surface area contributed by atoms with Crippen LogP contribution in [0.5, 0.6) is 0 Å². The molecule has 0 atom stereocenters. The summed E-state index contributed by atoms with van der Waals surface area (Å²) in [5.74, 6) is 0. The molecule has 0 saturated heterocycles. The highest BCUT2D eigenvalue weighted by molar-refractivity contribution is 5.62. The van der Waals surface area contributed by atoms with E-state index in [-0.39, 0.29) is 17.9 Å². The van der Waals surface area contributed by atoms with Crippen LogP contribution in [0.3, 0.4) is 0 Å². The lowest BCUT2D eigenvalue weighted by atomic mass is 10.1. The summed E-state index contributed by atoms with van der Waals surface area (Å²) < 4.78 is 47.8. The Kier molecular flexibility index (Phi) is 1.21. The SMILES string of the molecule is [2H]c1c(C([2H])([2H])[2H])c([2H])n2cc(-c3ccc(C)cc3)nc2c1[2H]. The van der Waals surface area contributed by atoms with Crippen molar-refractivity contribution in [3.8, 4) is 11.3 Å². The van der Waals surface area contributed by atoms with Crippen LogP contribution in [0.15, 0.2) is 48.7 Å². The number of benzene rings is 1. The molecule has 0 bridgehead atoms. The molecule has 84 valence electrons. The molecular formula is C15H14N2. The minimum atomic E-state index is -2.62. The average molecular weight is 228 g/mol. The van der Waals surface area contributed by atoms with Crippen molar-refractivity contribution in [1.82, 2.24) is 9.38 Å². The third-order valence-electron chi connectivity index (χ3n) is 2.58. The lowest BCUT2D eigenvalue weighted by Crippen LogP contribution is -1.82. The van der Waals surface area contributed by atoms with E-state index in [1.165, 1.54) is 10.6 Å². The zero-order valence-electron chi connectivity index (χ0n) is 15.3. The van der Waals surface area contributed by atoms with Gasteiger partial charge in [-0.25, -0.2) is 4.98 Å². The second-order valence-corrected chi connectivity index (χ2v) is 3.92. The molecule has 0 aliphatic rings. The normalized spacial score (nSPS) is 16.8. The summed E-state index contributed by atoms with van der Waals surface area (Å²) in [6.07, 6.45) is 1.21. The number of aromatic nitrogens is 2. The molecule has 0 aliphatic carbocycles. The van der Waals surface area contributed by atoms with Crippen LogP contribution in [0.1, 0.15) is 19.4 Å². The molecule has 0 unspecified atom stereocenters. The quantitative estimate of drug-likeness (QED) is 0.622. The van der Waals surface area contributed by atoms with Gasteiger partial charge in [-0.15, -0.1) is 0 Å². The smallest absolute Gasteiger partial charge is 0.137 e. The maximum atomic E-state index is 8.10. The van der Waals surface area contributed by atoms with Crippen LogP contribution in [-0.4, -0.2) is 9.38 Å². The van der Waals surface area contributed by atoms with Gasteiger partial charge in [-0.2, -0.15) is 0 Å². The molecule has 1 aromatic carbocycles. The first kappa shape index (κ1) is 5.50. The molecule has 2 nitrogen and oxygen atoms in total. The van der Waals surface area contributed by atoms with Gasteiger partial charge in [-0.05, 0) is 25.4 Å². The summed E-state index contributed by atoms with van der Waals surface area (Å²) in [6, 6.07) is 6.83. The average Bonchev–Trinajstić information content (AvgIpc) is 2.90. The highest BCUT2D eigenvalue weighted by atomic mass is 15.0. The Morgan fingerprint density at radius 3 is 2.76 bits per heavy atom. The molecule has 2 heterocycles. The predicted molar refractivity (Wildman–Crippen MR) is 70.1 cm³/mol. The fraction of sp³-hybridized carbons (Fsp3) is 0.133. The fourth-order valence-corrected chi connectivity index (χ4v) is 1.68. The van der Waals surface area contributed by atoms with Crippen LogP contribution in [0, 0.1) is 13.8 Å². The van der Waals surface area contributed by atoms with Crippen LogP contribution in [0.2, 0.25) is 0 Å². The summed E-state index contributed by atoms with van der Waals surface area (Å²) >= 11 is 0. The topological polar surface area (TPSA) is 17.3 Å². The van der Waals surface area contributed by atoms with Gasteiger partial charge in [0.2, 0.25) is 0 Å². The van der Waals surface area contributed by atoms with E-state index in [0.29, 0.717) is 5.69 Å². The van der Waals surface area contributed by atoms with Crippen LogP contribution in [-0.2, 0) is 0 Å². The van der Waals surface area contributed by atoms with E-state index in [2.05, 4.69) is 4.98 Å². The molecule has 0 saturated carbocycles. The van der Waals surface area contributed by atoms with Gasteiger partial charge in [-0.1, -0.05) is 35.9 Å². The summed E-state index contributed by atoms with van der Waals surface area (Å²) in [7, 11) is 0. The van der Waals surface area contributed by atoms with Crippen molar-refractivity contribution in [2.24, 2.45) is 0 Å². The van der Waals surface area contributed by atoms with E-state index in [1.807, 2.05) is 31.2 Å². The van der Waals surface area contributed by atoms with Crippen LogP contribution < -0.4 is 0 Å². The summed E-state index contributed by atoms with van der Waals surface area (Å²) in [6.45, 7) is -0.654. The molecule has 0 spiro atoms. The number of imidazole rings is 1. The minimum absolute atomic E-state index is 0.114. The minimum Gasteiger partial charge on any atom is -0.306 e. The summed E-state index contributed by atoms with van der Waals surface area (Å²) in [5.41, 5.74) is 2.12. The first-order valence-corrected chi connectivity index (χ1v) is 5.26. The standard InChI is InChI=1S/C15H14N2/c1-11-3-6-13(7-4-11)14-10-17-9-12(2)5-8-15(17)16-14/h3-10H,1-2H3/i2D3,5D,8D,9D. The van der Waals surface area contributed by atoms with Crippen molar-refractivity contribution in [3.63, 3.8) is 0 Å². The Hall–Kier alpha value is -2.09. The van der Waals surface area contributed by atoms with Crippen molar-refractivity contribution in [2.75, 3.05) is 0 Å². The fourth-order valence-electron chi connectivity index (χ4n) is 1.68. The molecule has 17 heavy (non-hydrogen) atoms. The lowest BCUT2D eigenvalue weighted by molar-refractivity contribution is 1.16. The van der Waals surface area contributed by atoms with Crippen LogP contribution in [0.25, 0.3) is 16.9 Å². The van der Waals surface area contributed by atoms with Crippen molar-refractivity contribution >= 4 is 5.65 Å². The Balaban J connectivity index is 2.30. The molecule has 3 aromatic rings. The van der Waals surface area contributed by atoms with E-state index >= 15 is 0 Å². The van der Waals surface area contributed by atoms with E-state index < -0.39 is 18.5 Å². The number of pyridine rings is 1. The van der Waals surface area contributed by atoms with Crippen molar-refractivity contribution < 1.29 is 8.22 Å². The first-order valence-electron chi connectivity index (χ1n) is 8.26.